The molecule has 1 aromatic heterocycles. The van der Waals surface area contributed by atoms with Gasteiger partial charge in [0, 0.05) is 31.7 Å². The largest absolute Gasteiger partial charge is 0.480 e. The lowest BCUT2D eigenvalue weighted by molar-refractivity contribution is -0.385. The van der Waals surface area contributed by atoms with Crippen molar-refractivity contribution in [2.45, 2.75) is 32.7 Å². The Kier molecular flexibility index (Phi) is 12.4. The van der Waals surface area contributed by atoms with Gasteiger partial charge < -0.3 is 40.7 Å². The minimum atomic E-state index is -1.74. The molecule has 1 unspecified atom stereocenters. The van der Waals surface area contributed by atoms with Crippen LogP contribution in [0.2, 0.25) is 0 Å². The maximum absolute atomic E-state index is 13.4. The van der Waals surface area contributed by atoms with E-state index >= 15 is 0 Å². The topological polar surface area (TPSA) is 252 Å². The zero-order valence-electron chi connectivity index (χ0n) is 28.5. The maximum atomic E-state index is 13.4. The first-order valence-corrected chi connectivity index (χ1v) is 15.9. The van der Waals surface area contributed by atoms with Gasteiger partial charge in [0.25, 0.3) is 5.91 Å². The van der Waals surface area contributed by atoms with Gasteiger partial charge in [-0.3, -0.25) is 24.7 Å². The van der Waals surface area contributed by atoms with Crippen LogP contribution in [0.25, 0.3) is 0 Å². The van der Waals surface area contributed by atoms with Crippen molar-refractivity contribution in [3.05, 3.63) is 68.8 Å². The Morgan fingerprint density at radius 2 is 1.90 bits per heavy atom. The van der Waals surface area contributed by atoms with Crippen molar-refractivity contribution >= 4 is 35.1 Å². The van der Waals surface area contributed by atoms with Crippen molar-refractivity contribution in [1.82, 2.24) is 25.1 Å². The Hall–Kier alpha value is -6.35. The number of nitro groups is 1. The Morgan fingerprint density at radius 3 is 2.49 bits per heavy atom. The van der Waals surface area contributed by atoms with Gasteiger partial charge in [0.05, 0.1) is 35.1 Å². The molecule has 2 heterocycles. The molecule has 1 aliphatic heterocycles. The smallest absolute Gasteiger partial charge is 0.373 e. The van der Waals surface area contributed by atoms with Crippen LogP contribution in [0, 0.1) is 21.4 Å². The van der Waals surface area contributed by atoms with Crippen molar-refractivity contribution in [2.75, 3.05) is 52.1 Å². The number of amidine groups is 1. The van der Waals surface area contributed by atoms with E-state index < -0.39 is 58.6 Å². The number of ether oxygens (including phenoxy) is 2. The number of benzene rings is 2. The number of carboxylic acid groups (broad SMARTS) is 1. The normalized spacial score (nSPS) is 12.7. The highest BCUT2D eigenvalue weighted by molar-refractivity contribution is 6.00. The number of hydrogen-bond donors (Lipinski definition) is 4. The summed E-state index contributed by atoms with van der Waals surface area (Å²) in [6.45, 7) is 6.16. The Labute approximate surface area is 293 Å². The van der Waals surface area contributed by atoms with Crippen LogP contribution in [0.1, 0.15) is 47.3 Å². The minimum absolute atomic E-state index is 0.0387. The van der Waals surface area contributed by atoms with Crippen LogP contribution in [0.15, 0.2) is 41.4 Å². The first-order chi connectivity index (χ1) is 24.3. The lowest BCUT2D eigenvalue weighted by Crippen LogP contribution is -2.34. The molecule has 3 aromatic rings. The van der Waals surface area contributed by atoms with Crippen LogP contribution < -0.4 is 25.8 Å². The number of aromatic nitrogens is 2. The number of nitrogens with two attached hydrogens (primary N) is 1. The number of carbonyl (C=O) groups is 3. The van der Waals surface area contributed by atoms with Gasteiger partial charge in [-0.1, -0.05) is 0 Å². The fourth-order valence-corrected chi connectivity index (χ4v) is 5.05. The summed E-state index contributed by atoms with van der Waals surface area (Å²) in [7, 11) is 3.83. The fraction of sp³-hybridized carbons (Fsp3) is 0.364. The van der Waals surface area contributed by atoms with E-state index in [4.69, 9.17) is 15.2 Å². The van der Waals surface area contributed by atoms with Gasteiger partial charge >= 0.3 is 23.5 Å². The molecule has 0 aliphatic carbocycles. The number of hydrogen-bond acceptors (Lipinski definition) is 14. The zero-order chi connectivity index (χ0) is 37.2. The van der Waals surface area contributed by atoms with Crippen LogP contribution >= 0.6 is 0 Å². The molecule has 51 heavy (non-hydrogen) atoms. The van der Waals surface area contributed by atoms with Crippen molar-refractivity contribution in [3.8, 4) is 29.5 Å². The van der Waals surface area contributed by atoms with E-state index in [0.717, 1.165) is 5.56 Å². The Balaban J connectivity index is 1.91. The molecule has 268 valence electrons. The first-order valence-electron chi connectivity index (χ1n) is 15.9. The molecule has 0 radical (unpaired) electrons. The summed E-state index contributed by atoms with van der Waals surface area (Å²) in [6.07, 6.45) is -0.161. The Morgan fingerprint density at radius 1 is 1.16 bits per heavy atom. The van der Waals surface area contributed by atoms with Gasteiger partial charge in [0.15, 0.2) is 0 Å². The van der Waals surface area contributed by atoms with E-state index in [-0.39, 0.29) is 22.6 Å². The van der Waals surface area contributed by atoms with Crippen molar-refractivity contribution in [3.63, 3.8) is 0 Å². The van der Waals surface area contributed by atoms with Crippen LogP contribution in [-0.2, 0) is 16.0 Å². The van der Waals surface area contributed by atoms with E-state index in [9.17, 15) is 34.9 Å². The molecule has 2 aromatic carbocycles. The highest BCUT2D eigenvalue weighted by atomic mass is 16.6. The monoisotopic (exact) mass is 702 g/mol. The third kappa shape index (κ3) is 9.64. The zero-order valence-corrected chi connectivity index (χ0v) is 28.5. The van der Waals surface area contributed by atoms with Crippen LogP contribution in [0.5, 0.6) is 23.4 Å². The van der Waals surface area contributed by atoms with Gasteiger partial charge in [-0.15, -0.1) is 0 Å². The number of likely N-dealkylation sites (N-methyl/N-ethyl adjacent to an activating group) is 1. The molecule has 1 aliphatic rings. The third-order valence-electron chi connectivity index (χ3n) is 7.60. The molecule has 1 atom stereocenters. The summed E-state index contributed by atoms with van der Waals surface area (Å²) in [6, 6.07) is 8.91. The maximum Gasteiger partial charge on any atom is 0.373 e. The standard InChI is InChI=1S/C33H38N10O8/c1-5-42(6-2)31(45)23-8-7-20(18-34)15-25(23)51-33-39-29(38-24(32(46)47)17-26(35)44)27(43(48)49)30(40-33)50-22-14-19(9-12-41(3)4)13-21(16-22)28-36-10-11-37-28/h7-8,13-16,24H,5-6,9-12,17H2,1-4H3,(H2,35,44)(H,36,37)(H,46,47)(H,38,39,40). The van der Waals surface area contributed by atoms with Gasteiger partial charge in [-0.25, -0.2) is 4.79 Å². The summed E-state index contributed by atoms with van der Waals surface area (Å²) in [4.78, 5) is 65.1. The quantitative estimate of drug-likeness (QED) is 0.117. The van der Waals surface area contributed by atoms with Crippen molar-refractivity contribution in [1.29, 1.82) is 5.26 Å². The number of amides is 2. The number of carbonyl (C=O) groups excluding carboxylic acids is 2. The number of nitrogens with one attached hydrogen (secondary N) is 2. The molecule has 18 heteroatoms. The molecule has 0 fully saturated rings. The molecule has 4 rings (SSSR count). The molecule has 0 saturated carbocycles. The predicted octanol–water partition coefficient (Wildman–Crippen LogP) is 2.52. The fourth-order valence-electron chi connectivity index (χ4n) is 5.05. The molecule has 0 saturated heterocycles. The van der Waals surface area contributed by atoms with Gasteiger partial charge in [0.1, 0.15) is 23.4 Å². The SMILES string of the molecule is CCN(CC)C(=O)c1ccc(C#N)cc1Oc1nc(NC(CC(N)=O)C(=O)O)c([N+](=O)[O-])c(Oc2cc(CCN(C)C)cc(C3=NCCN3)c2)n1. The van der Waals surface area contributed by atoms with E-state index in [1.54, 1.807) is 26.0 Å². The van der Waals surface area contributed by atoms with Crippen molar-refractivity contribution < 1.29 is 33.9 Å². The third-order valence-corrected chi connectivity index (χ3v) is 7.60. The minimum Gasteiger partial charge on any atom is -0.480 e. The van der Waals surface area contributed by atoms with Crippen LogP contribution in [0.3, 0.4) is 0 Å². The summed E-state index contributed by atoms with van der Waals surface area (Å²) < 4.78 is 12.0. The lowest BCUT2D eigenvalue weighted by atomic mass is 10.1. The number of aliphatic imine (C=N–C) groups is 1. The second-order valence-electron chi connectivity index (χ2n) is 11.6. The van der Waals surface area contributed by atoms with Gasteiger partial charge in [0.2, 0.25) is 11.7 Å². The number of nitriles is 1. The van der Waals surface area contributed by atoms with E-state index in [1.165, 1.54) is 23.1 Å². The van der Waals surface area contributed by atoms with E-state index in [0.29, 0.717) is 50.5 Å². The second-order valence-corrected chi connectivity index (χ2v) is 11.6. The first kappa shape index (κ1) is 37.5. The average Bonchev–Trinajstić information content (AvgIpc) is 3.62. The molecular formula is C33H38N10O8. The van der Waals surface area contributed by atoms with Gasteiger partial charge in [-0.05, 0) is 76.3 Å². The van der Waals surface area contributed by atoms with E-state index in [1.807, 2.05) is 31.1 Å². The van der Waals surface area contributed by atoms with Crippen LogP contribution in [0.4, 0.5) is 11.5 Å². The highest BCUT2D eigenvalue weighted by Crippen LogP contribution is 2.39. The van der Waals surface area contributed by atoms with Crippen LogP contribution in [-0.4, -0.2) is 106 Å². The van der Waals surface area contributed by atoms with E-state index in [2.05, 4.69) is 25.6 Å². The number of aliphatic carboxylic acids is 1. The second kappa shape index (κ2) is 16.8. The number of anilines is 1. The number of rotatable bonds is 17. The molecule has 0 spiro atoms. The number of nitrogens with zero attached hydrogens (tertiary/aromatic N) is 7. The number of carboxylic acids is 1. The molecular weight excluding hydrogens is 664 g/mol. The molecule has 0 bridgehead atoms. The summed E-state index contributed by atoms with van der Waals surface area (Å²) in [5, 5.41) is 37.5. The lowest BCUT2D eigenvalue weighted by Gasteiger charge is -2.20. The van der Waals surface area contributed by atoms with Crippen molar-refractivity contribution in [2.24, 2.45) is 10.7 Å². The Bertz CT molecular complexity index is 1890. The molecule has 18 nitrogen and oxygen atoms in total. The van der Waals surface area contributed by atoms with Gasteiger partial charge in [-0.2, -0.15) is 15.2 Å². The number of primary amides is 1. The summed E-state index contributed by atoms with van der Waals surface area (Å²) >= 11 is 0. The predicted molar refractivity (Wildman–Crippen MR) is 184 cm³/mol. The molecule has 5 N–H and O–H groups in total. The highest BCUT2D eigenvalue weighted by Gasteiger charge is 2.32. The average molecular weight is 703 g/mol. The summed E-state index contributed by atoms with van der Waals surface area (Å²) in [5.74, 6) is -3.73. The molecule has 2 amide bonds. The summed E-state index contributed by atoms with van der Waals surface area (Å²) in [5.41, 5.74) is 6.01.